The summed E-state index contributed by atoms with van der Waals surface area (Å²) in [6, 6.07) is 1.56. The van der Waals surface area contributed by atoms with Crippen molar-refractivity contribution in [2.45, 2.75) is 25.3 Å². The molecule has 0 unspecified atom stereocenters. The molecular weight excluding hydrogens is 360 g/mol. The Hall–Kier alpha value is -1.45. The second-order valence-electron chi connectivity index (χ2n) is 4.41. The van der Waals surface area contributed by atoms with Gasteiger partial charge in [-0.2, -0.15) is 5.10 Å². The molecule has 0 aliphatic rings. The number of aliphatic hydroxyl groups is 1. The minimum atomic E-state index is -3.77. The molecule has 0 atom stereocenters. The minimum absolute atomic E-state index is 0.106. The standard InChI is InChI=1S/C12H15BrN4O3S/c1-8-12(9(2)17(15-8)5-6-18)21(19,20)16-11-3-4-14-7-10(11)13/h3-4,7,18H,5-6H2,1-2H3,(H,14,16). The summed E-state index contributed by atoms with van der Waals surface area (Å²) >= 11 is 3.25. The highest BCUT2D eigenvalue weighted by atomic mass is 79.9. The van der Waals surface area contributed by atoms with Gasteiger partial charge in [0.05, 0.1) is 34.7 Å². The summed E-state index contributed by atoms with van der Waals surface area (Å²) < 4.78 is 29.6. The van der Waals surface area contributed by atoms with Crippen LogP contribution in [0.5, 0.6) is 0 Å². The molecule has 7 nitrogen and oxygen atoms in total. The van der Waals surface area contributed by atoms with Crippen LogP contribution in [0.15, 0.2) is 27.8 Å². The molecule has 0 fully saturated rings. The van der Waals surface area contributed by atoms with Gasteiger partial charge in [0.25, 0.3) is 10.0 Å². The van der Waals surface area contributed by atoms with Crippen molar-refractivity contribution in [2.24, 2.45) is 0 Å². The van der Waals surface area contributed by atoms with Gasteiger partial charge in [-0.05, 0) is 35.8 Å². The second kappa shape index (κ2) is 6.12. The molecule has 0 aliphatic carbocycles. The fourth-order valence-corrected chi connectivity index (χ4v) is 4.01. The van der Waals surface area contributed by atoms with Crippen molar-refractivity contribution in [1.29, 1.82) is 0 Å². The Morgan fingerprint density at radius 2 is 2.14 bits per heavy atom. The summed E-state index contributed by atoms with van der Waals surface area (Å²) in [7, 11) is -3.77. The van der Waals surface area contributed by atoms with Gasteiger partial charge in [0.2, 0.25) is 0 Å². The van der Waals surface area contributed by atoms with Crippen LogP contribution >= 0.6 is 15.9 Å². The van der Waals surface area contributed by atoms with E-state index in [-0.39, 0.29) is 18.0 Å². The molecule has 9 heteroatoms. The van der Waals surface area contributed by atoms with Crippen molar-refractivity contribution in [1.82, 2.24) is 14.8 Å². The van der Waals surface area contributed by atoms with Gasteiger partial charge in [-0.1, -0.05) is 0 Å². The van der Waals surface area contributed by atoms with Crippen molar-refractivity contribution < 1.29 is 13.5 Å². The third kappa shape index (κ3) is 3.25. The van der Waals surface area contributed by atoms with Crippen molar-refractivity contribution >= 4 is 31.6 Å². The molecule has 0 radical (unpaired) electrons. The zero-order chi connectivity index (χ0) is 15.6. The van der Waals surface area contributed by atoms with E-state index in [0.717, 1.165) is 0 Å². The number of pyridine rings is 1. The number of hydrogen-bond acceptors (Lipinski definition) is 5. The first kappa shape index (κ1) is 15.9. The number of anilines is 1. The van der Waals surface area contributed by atoms with Crippen LogP contribution in [0.1, 0.15) is 11.4 Å². The number of hydrogen-bond donors (Lipinski definition) is 2. The SMILES string of the molecule is Cc1nn(CCO)c(C)c1S(=O)(=O)Nc1ccncc1Br. The van der Waals surface area contributed by atoms with Gasteiger partial charge in [0.15, 0.2) is 0 Å². The molecule has 0 saturated heterocycles. The van der Waals surface area contributed by atoms with Crippen LogP contribution < -0.4 is 4.72 Å². The topological polar surface area (TPSA) is 97.1 Å². The number of sulfonamides is 1. The minimum Gasteiger partial charge on any atom is -0.394 e. The molecule has 2 heterocycles. The molecule has 0 saturated carbocycles. The third-order valence-corrected chi connectivity index (χ3v) is 5.16. The van der Waals surface area contributed by atoms with Gasteiger partial charge in [-0.15, -0.1) is 0 Å². The molecule has 2 aromatic rings. The fourth-order valence-electron chi connectivity index (χ4n) is 2.04. The van der Waals surface area contributed by atoms with Crippen molar-refractivity contribution in [3.8, 4) is 0 Å². The van der Waals surface area contributed by atoms with Gasteiger partial charge in [-0.25, -0.2) is 8.42 Å². The molecule has 2 rings (SSSR count). The number of halogens is 1. The Morgan fingerprint density at radius 1 is 1.43 bits per heavy atom. The normalized spacial score (nSPS) is 11.6. The lowest BCUT2D eigenvalue weighted by Crippen LogP contribution is -2.15. The lowest BCUT2D eigenvalue weighted by molar-refractivity contribution is 0.267. The van der Waals surface area contributed by atoms with E-state index in [9.17, 15) is 8.42 Å². The maximum atomic E-state index is 12.5. The van der Waals surface area contributed by atoms with Crippen LogP contribution in [0.25, 0.3) is 0 Å². The predicted molar refractivity (Wildman–Crippen MR) is 81.5 cm³/mol. The van der Waals surface area contributed by atoms with Crippen molar-refractivity contribution in [2.75, 3.05) is 11.3 Å². The summed E-state index contributed by atoms with van der Waals surface area (Å²) in [4.78, 5) is 4.01. The van der Waals surface area contributed by atoms with E-state index in [2.05, 4.69) is 30.7 Å². The van der Waals surface area contributed by atoms with Crippen molar-refractivity contribution in [3.63, 3.8) is 0 Å². The van der Waals surface area contributed by atoms with Crippen LogP contribution in [0.4, 0.5) is 5.69 Å². The van der Waals surface area contributed by atoms with Gasteiger partial charge in [0.1, 0.15) is 4.90 Å². The molecule has 21 heavy (non-hydrogen) atoms. The average molecular weight is 375 g/mol. The number of aliphatic hydroxyl groups excluding tert-OH is 1. The molecule has 0 aromatic carbocycles. The van der Waals surface area contributed by atoms with E-state index in [1.807, 2.05) is 0 Å². The number of aromatic nitrogens is 3. The number of nitrogens with zero attached hydrogens (tertiary/aromatic N) is 3. The maximum absolute atomic E-state index is 12.5. The third-order valence-electron chi connectivity index (χ3n) is 2.91. The highest BCUT2D eigenvalue weighted by molar-refractivity contribution is 9.10. The maximum Gasteiger partial charge on any atom is 0.265 e. The summed E-state index contributed by atoms with van der Waals surface area (Å²) in [6.07, 6.45) is 3.00. The zero-order valence-electron chi connectivity index (χ0n) is 11.5. The van der Waals surface area contributed by atoms with E-state index >= 15 is 0 Å². The van der Waals surface area contributed by atoms with Gasteiger partial charge in [-0.3, -0.25) is 14.4 Å². The smallest absolute Gasteiger partial charge is 0.265 e. The van der Waals surface area contributed by atoms with E-state index in [0.29, 0.717) is 21.5 Å². The Morgan fingerprint density at radius 3 is 2.76 bits per heavy atom. The first-order valence-corrected chi connectivity index (χ1v) is 8.41. The van der Waals surface area contributed by atoms with E-state index < -0.39 is 10.0 Å². The number of nitrogens with one attached hydrogen (secondary N) is 1. The van der Waals surface area contributed by atoms with Crippen LogP contribution in [0, 0.1) is 13.8 Å². The van der Waals surface area contributed by atoms with Crippen molar-refractivity contribution in [3.05, 3.63) is 34.3 Å². The van der Waals surface area contributed by atoms with E-state index in [4.69, 9.17) is 5.11 Å². The molecular formula is C12H15BrN4O3S. The molecule has 0 aliphatic heterocycles. The molecule has 114 valence electrons. The average Bonchev–Trinajstić information content (AvgIpc) is 2.68. The fraction of sp³-hybridized carbons (Fsp3) is 0.333. The van der Waals surface area contributed by atoms with E-state index in [1.54, 1.807) is 19.9 Å². The molecule has 0 amide bonds. The van der Waals surface area contributed by atoms with Gasteiger partial charge >= 0.3 is 0 Å². The summed E-state index contributed by atoms with van der Waals surface area (Å²) in [5.41, 5.74) is 1.27. The lowest BCUT2D eigenvalue weighted by atomic mass is 10.4. The Bertz CT molecular complexity index is 758. The predicted octanol–water partition coefficient (Wildman–Crippen LogP) is 1.45. The van der Waals surface area contributed by atoms with Crippen LogP contribution in [-0.4, -0.2) is 34.9 Å². The van der Waals surface area contributed by atoms with Crippen LogP contribution in [0.2, 0.25) is 0 Å². The Labute approximate surface area is 131 Å². The summed E-state index contributed by atoms with van der Waals surface area (Å²) in [6.45, 7) is 3.43. The quantitative estimate of drug-likeness (QED) is 0.825. The zero-order valence-corrected chi connectivity index (χ0v) is 13.9. The van der Waals surface area contributed by atoms with Crippen LogP contribution in [-0.2, 0) is 16.6 Å². The molecule has 2 aromatic heterocycles. The summed E-state index contributed by atoms with van der Waals surface area (Å²) in [5, 5.41) is 13.1. The first-order chi connectivity index (χ1) is 9.86. The highest BCUT2D eigenvalue weighted by Gasteiger charge is 2.25. The largest absolute Gasteiger partial charge is 0.394 e. The number of aryl methyl sites for hydroxylation is 1. The Kier molecular flexibility index (Phi) is 4.64. The van der Waals surface area contributed by atoms with Crippen LogP contribution in [0.3, 0.4) is 0 Å². The molecule has 0 spiro atoms. The van der Waals surface area contributed by atoms with E-state index in [1.165, 1.54) is 17.1 Å². The molecule has 2 N–H and O–H groups in total. The lowest BCUT2D eigenvalue weighted by Gasteiger charge is -2.10. The Balaban J connectivity index is 2.43. The summed E-state index contributed by atoms with van der Waals surface area (Å²) in [5.74, 6) is 0. The van der Waals surface area contributed by atoms with Gasteiger partial charge < -0.3 is 5.11 Å². The molecule has 0 bridgehead atoms. The monoisotopic (exact) mass is 374 g/mol. The second-order valence-corrected chi connectivity index (χ2v) is 6.88. The highest BCUT2D eigenvalue weighted by Crippen LogP contribution is 2.26. The van der Waals surface area contributed by atoms with Gasteiger partial charge in [0, 0.05) is 12.4 Å². The first-order valence-electron chi connectivity index (χ1n) is 6.14. The number of rotatable bonds is 5.